The molecule has 0 unspecified atom stereocenters. The molecule has 3 rings (SSSR count). The number of rotatable bonds is 5. The Morgan fingerprint density at radius 3 is 2.61 bits per heavy atom. The lowest BCUT2D eigenvalue weighted by Gasteiger charge is -2.08. The molecule has 0 radical (unpaired) electrons. The number of carbonyl (C=O) groups is 1. The number of aromatic nitrogens is 1. The van der Waals surface area contributed by atoms with Gasteiger partial charge in [0.15, 0.2) is 5.69 Å². The maximum absolute atomic E-state index is 12.1. The van der Waals surface area contributed by atoms with Gasteiger partial charge in [-0.25, -0.2) is 9.78 Å². The van der Waals surface area contributed by atoms with Crippen molar-refractivity contribution in [3.63, 3.8) is 0 Å². The predicted molar refractivity (Wildman–Crippen MR) is 89.7 cm³/mol. The van der Waals surface area contributed by atoms with Crippen molar-refractivity contribution in [1.29, 1.82) is 0 Å². The SMILES string of the molecule is COc1ccccc1COC(=O)c1csc(-c2ccccc2)n1. The molecular formula is C18H15NO3S. The summed E-state index contributed by atoms with van der Waals surface area (Å²) in [4.78, 5) is 16.5. The highest BCUT2D eigenvalue weighted by molar-refractivity contribution is 7.13. The smallest absolute Gasteiger partial charge is 0.358 e. The lowest BCUT2D eigenvalue weighted by molar-refractivity contribution is 0.0464. The standard InChI is InChI=1S/C18H15NO3S/c1-21-16-10-6-5-9-14(16)11-22-18(20)15-12-23-17(19-15)13-7-3-2-4-8-13/h2-10,12H,11H2,1H3. The molecule has 0 saturated heterocycles. The van der Waals surface area contributed by atoms with Crippen LogP contribution in [0.5, 0.6) is 5.75 Å². The molecule has 0 fully saturated rings. The molecule has 0 aliphatic heterocycles. The van der Waals surface area contributed by atoms with Gasteiger partial charge in [0.2, 0.25) is 0 Å². The average molecular weight is 325 g/mol. The van der Waals surface area contributed by atoms with Crippen LogP contribution in [0.3, 0.4) is 0 Å². The maximum Gasteiger partial charge on any atom is 0.358 e. The molecule has 23 heavy (non-hydrogen) atoms. The van der Waals surface area contributed by atoms with Crippen LogP contribution >= 0.6 is 11.3 Å². The van der Waals surface area contributed by atoms with Crippen LogP contribution in [0.25, 0.3) is 10.6 Å². The first-order valence-electron chi connectivity index (χ1n) is 7.08. The summed E-state index contributed by atoms with van der Waals surface area (Å²) < 4.78 is 10.6. The Balaban J connectivity index is 1.68. The largest absolute Gasteiger partial charge is 0.496 e. The molecule has 1 heterocycles. The van der Waals surface area contributed by atoms with Crippen LogP contribution < -0.4 is 4.74 Å². The zero-order chi connectivity index (χ0) is 16.1. The van der Waals surface area contributed by atoms with Gasteiger partial charge in [0, 0.05) is 16.5 Å². The van der Waals surface area contributed by atoms with Crippen molar-refractivity contribution < 1.29 is 14.3 Å². The molecule has 4 nitrogen and oxygen atoms in total. The van der Waals surface area contributed by atoms with E-state index >= 15 is 0 Å². The first-order chi connectivity index (χ1) is 11.3. The van der Waals surface area contributed by atoms with Crippen molar-refractivity contribution in [2.75, 3.05) is 7.11 Å². The van der Waals surface area contributed by atoms with Crippen LogP contribution in [-0.4, -0.2) is 18.1 Å². The van der Waals surface area contributed by atoms with Crippen LogP contribution in [0.2, 0.25) is 0 Å². The quantitative estimate of drug-likeness (QED) is 0.660. The summed E-state index contributed by atoms with van der Waals surface area (Å²) in [6.45, 7) is 0.154. The Hall–Kier alpha value is -2.66. The lowest BCUT2D eigenvalue weighted by Crippen LogP contribution is -2.06. The van der Waals surface area contributed by atoms with Gasteiger partial charge in [0.1, 0.15) is 17.4 Å². The molecule has 0 atom stereocenters. The summed E-state index contributed by atoms with van der Waals surface area (Å²) in [5.74, 6) is 0.262. The summed E-state index contributed by atoms with van der Waals surface area (Å²) in [6, 6.07) is 17.2. The Labute approximate surface area is 138 Å². The van der Waals surface area contributed by atoms with Crippen molar-refractivity contribution in [2.24, 2.45) is 0 Å². The van der Waals surface area contributed by atoms with Crippen LogP contribution in [0.15, 0.2) is 60.0 Å². The fraction of sp³-hybridized carbons (Fsp3) is 0.111. The van der Waals surface area contributed by atoms with Crippen LogP contribution in [0.1, 0.15) is 16.1 Å². The number of hydrogen-bond donors (Lipinski definition) is 0. The molecule has 5 heteroatoms. The van der Waals surface area contributed by atoms with Gasteiger partial charge in [0.25, 0.3) is 0 Å². The van der Waals surface area contributed by atoms with E-state index in [4.69, 9.17) is 9.47 Å². The molecule has 1 aromatic heterocycles. The summed E-state index contributed by atoms with van der Waals surface area (Å²) in [7, 11) is 1.59. The van der Waals surface area contributed by atoms with E-state index in [1.54, 1.807) is 12.5 Å². The van der Waals surface area contributed by atoms with E-state index in [2.05, 4.69) is 4.98 Å². The van der Waals surface area contributed by atoms with Crippen LogP contribution in [0, 0.1) is 0 Å². The number of methoxy groups -OCH3 is 1. The molecule has 0 bridgehead atoms. The van der Waals surface area contributed by atoms with E-state index in [0.29, 0.717) is 11.4 Å². The second-order valence-corrected chi connectivity index (χ2v) is 5.65. The summed E-state index contributed by atoms with van der Waals surface area (Å²) in [6.07, 6.45) is 0. The van der Waals surface area contributed by atoms with Crippen LogP contribution in [-0.2, 0) is 11.3 Å². The highest BCUT2D eigenvalue weighted by Crippen LogP contribution is 2.24. The third-order valence-corrected chi connectivity index (χ3v) is 4.18. The van der Waals surface area contributed by atoms with E-state index < -0.39 is 5.97 Å². The molecule has 3 aromatic rings. The minimum absolute atomic E-state index is 0.154. The second kappa shape index (κ2) is 7.07. The van der Waals surface area contributed by atoms with E-state index in [1.807, 2.05) is 54.6 Å². The molecule has 0 amide bonds. The maximum atomic E-state index is 12.1. The Kier molecular flexibility index (Phi) is 4.68. The Morgan fingerprint density at radius 1 is 1.09 bits per heavy atom. The first kappa shape index (κ1) is 15.2. The number of esters is 1. The molecule has 0 aliphatic carbocycles. The number of carbonyl (C=O) groups excluding carboxylic acids is 1. The van der Waals surface area contributed by atoms with Crippen molar-refractivity contribution in [1.82, 2.24) is 4.98 Å². The van der Waals surface area contributed by atoms with Crippen molar-refractivity contribution >= 4 is 17.3 Å². The van der Waals surface area contributed by atoms with Gasteiger partial charge in [-0.2, -0.15) is 0 Å². The van der Waals surface area contributed by atoms with Gasteiger partial charge >= 0.3 is 5.97 Å². The Morgan fingerprint density at radius 2 is 1.83 bits per heavy atom. The fourth-order valence-corrected chi connectivity index (χ4v) is 2.92. The van der Waals surface area contributed by atoms with E-state index in [-0.39, 0.29) is 6.61 Å². The van der Waals surface area contributed by atoms with Crippen molar-refractivity contribution in [2.45, 2.75) is 6.61 Å². The number of nitrogens with zero attached hydrogens (tertiary/aromatic N) is 1. The second-order valence-electron chi connectivity index (χ2n) is 4.79. The zero-order valence-corrected chi connectivity index (χ0v) is 13.4. The molecule has 116 valence electrons. The minimum Gasteiger partial charge on any atom is -0.496 e. The van der Waals surface area contributed by atoms with Gasteiger partial charge in [-0.3, -0.25) is 0 Å². The average Bonchev–Trinajstić information content (AvgIpc) is 3.11. The first-order valence-corrected chi connectivity index (χ1v) is 7.96. The number of hydrogen-bond acceptors (Lipinski definition) is 5. The van der Waals surface area contributed by atoms with Gasteiger partial charge in [-0.05, 0) is 6.07 Å². The highest BCUT2D eigenvalue weighted by Gasteiger charge is 2.14. The number of para-hydroxylation sites is 1. The van der Waals surface area contributed by atoms with Gasteiger partial charge in [-0.1, -0.05) is 48.5 Å². The molecule has 0 spiro atoms. The zero-order valence-electron chi connectivity index (χ0n) is 12.6. The van der Waals surface area contributed by atoms with Gasteiger partial charge in [0.05, 0.1) is 7.11 Å². The van der Waals surface area contributed by atoms with Crippen LogP contribution in [0.4, 0.5) is 0 Å². The minimum atomic E-state index is -0.436. The number of thiazole rings is 1. The lowest BCUT2D eigenvalue weighted by atomic mass is 10.2. The number of benzene rings is 2. The summed E-state index contributed by atoms with van der Waals surface area (Å²) in [5.41, 5.74) is 2.13. The third-order valence-electron chi connectivity index (χ3n) is 3.29. The van der Waals surface area contributed by atoms with Gasteiger partial charge in [-0.15, -0.1) is 11.3 Å². The number of ether oxygens (including phenoxy) is 2. The molecule has 2 aromatic carbocycles. The Bertz CT molecular complexity index is 799. The normalized spacial score (nSPS) is 10.3. The fourth-order valence-electron chi connectivity index (χ4n) is 2.12. The third kappa shape index (κ3) is 3.57. The summed E-state index contributed by atoms with van der Waals surface area (Å²) in [5, 5.41) is 2.52. The molecule has 0 N–H and O–H groups in total. The molecule has 0 saturated carbocycles. The van der Waals surface area contributed by atoms with Crippen molar-refractivity contribution in [3.05, 3.63) is 71.2 Å². The van der Waals surface area contributed by atoms with Gasteiger partial charge < -0.3 is 9.47 Å². The summed E-state index contributed by atoms with van der Waals surface area (Å²) >= 11 is 1.42. The molecular weight excluding hydrogens is 310 g/mol. The monoisotopic (exact) mass is 325 g/mol. The predicted octanol–water partition coefficient (Wildman–Crippen LogP) is 4.18. The topological polar surface area (TPSA) is 48.4 Å². The van der Waals surface area contributed by atoms with Crippen molar-refractivity contribution in [3.8, 4) is 16.3 Å². The van der Waals surface area contributed by atoms with E-state index in [9.17, 15) is 4.79 Å². The van der Waals surface area contributed by atoms with E-state index in [1.165, 1.54) is 11.3 Å². The van der Waals surface area contributed by atoms with E-state index in [0.717, 1.165) is 16.1 Å². The molecule has 0 aliphatic rings. The highest BCUT2D eigenvalue weighted by atomic mass is 32.1.